The molecule has 21 heavy (non-hydrogen) atoms. The lowest BCUT2D eigenvalue weighted by molar-refractivity contribution is -0.112. The predicted molar refractivity (Wildman–Crippen MR) is 73.3 cm³/mol. The van der Waals surface area contributed by atoms with Gasteiger partial charge in [0.15, 0.2) is 0 Å². The van der Waals surface area contributed by atoms with Crippen molar-refractivity contribution in [1.29, 1.82) is 0 Å². The second-order valence-corrected chi connectivity index (χ2v) is 4.54. The van der Waals surface area contributed by atoms with Gasteiger partial charge in [0.2, 0.25) is 0 Å². The van der Waals surface area contributed by atoms with Gasteiger partial charge in [0.1, 0.15) is 35.9 Å². The highest BCUT2D eigenvalue weighted by Gasteiger charge is 2.29. The first-order valence-electron chi connectivity index (χ1n) is 6.21. The van der Waals surface area contributed by atoms with Crippen molar-refractivity contribution in [3.8, 4) is 11.5 Å². The van der Waals surface area contributed by atoms with Gasteiger partial charge in [0.25, 0.3) is 0 Å². The van der Waals surface area contributed by atoms with Gasteiger partial charge in [-0.15, -0.1) is 0 Å². The van der Waals surface area contributed by atoms with E-state index in [9.17, 15) is 20.4 Å². The summed E-state index contributed by atoms with van der Waals surface area (Å²) < 4.78 is 0. The van der Waals surface area contributed by atoms with Crippen LogP contribution >= 0.6 is 0 Å². The second-order valence-electron chi connectivity index (χ2n) is 4.54. The molecular formula is C13H19NO7. The molecule has 0 aliphatic carbocycles. The molecule has 118 valence electrons. The van der Waals surface area contributed by atoms with Crippen LogP contribution < -0.4 is 0 Å². The highest BCUT2D eigenvalue weighted by atomic mass is 16.4. The van der Waals surface area contributed by atoms with E-state index < -0.39 is 31.0 Å². The number of rotatable bonds is 7. The van der Waals surface area contributed by atoms with E-state index in [0.717, 1.165) is 6.07 Å². The number of hydrogen-bond donors (Lipinski definition) is 7. The first kappa shape index (κ1) is 17.3. The lowest BCUT2D eigenvalue weighted by atomic mass is 10.0. The van der Waals surface area contributed by atoms with Crippen LogP contribution in [0.1, 0.15) is 5.56 Å². The standard InChI is InChI=1S/C13H19NO7/c15-6-11(19)13(21)12(20)10(18)5-14-4-7-1-2-8(16)3-9(7)17/h1-4,10-13,15-21H,5-6H2/t10-,11+,12+,13+/m0/s1. The fraction of sp³-hybridized carbons (Fsp3) is 0.462. The molecule has 4 atom stereocenters. The Balaban J connectivity index is 2.59. The molecule has 0 bridgehead atoms. The van der Waals surface area contributed by atoms with Crippen LogP contribution in [0, 0.1) is 0 Å². The molecule has 0 saturated carbocycles. The maximum absolute atomic E-state index is 9.60. The molecule has 8 nitrogen and oxygen atoms in total. The summed E-state index contributed by atoms with van der Waals surface area (Å²) in [5, 5.41) is 64.9. The largest absolute Gasteiger partial charge is 0.508 e. The number of aliphatic imine (C=N–C) groups is 1. The van der Waals surface area contributed by atoms with Gasteiger partial charge in [0, 0.05) is 17.8 Å². The summed E-state index contributed by atoms with van der Waals surface area (Å²) in [6, 6.07) is 3.86. The van der Waals surface area contributed by atoms with Crippen molar-refractivity contribution in [1.82, 2.24) is 0 Å². The summed E-state index contributed by atoms with van der Waals surface area (Å²) in [6.07, 6.45) is -5.20. The van der Waals surface area contributed by atoms with E-state index in [1.54, 1.807) is 0 Å². The Labute approximate surface area is 120 Å². The number of aliphatic hydroxyl groups is 5. The number of hydrogen-bond acceptors (Lipinski definition) is 8. The van der Waals surface area contributed by atoms with Gasteiger partial charge >= 0.3 is 0 Å². The van der Waals surface area contributed by atoms with Gasteiger partial charge in [0.05, 0.1) is 13.2 Å². The van der Waals surface area contributed by atoms with Crippen LogP contribution in [0.25, 0.3) is 0 Å². The van der Waals surface area contributed by atoms with Crippen molar-refractivity contribution >= 4 is 6.21 Å². The average molecular weight is 301 g/mol. The summed E-state index contributed by atoms with van der Waals surface area (Å²) in [4.78, 5) is 3.79. The molecule has 0 heterocycles. The third kappa shape index (κ3) is 4.96. The first-order chi connectivity index (χ1) is 9.86. The molecule has 0 spiro atoms. The topological polar surface area (TPSA) is 154 Å². The van der Waals surface area contributed by atoms with Crippen molar-refractivity contribution in [2.75, 3.05) is 13.2 Å². The van der Waals surface area contributed by atoms with Gasteiger partial charge < -0.3 is 35.7 Å². The van der Waals surface area contributed by atoms with E-state index in [1.165, 1.54) is 18.3 Å². The normalized spacial score (nSPS) is 17.6. The molecule has 0 fully saturated rings. The Kier molecular flexibility index (Phi) is 6.53. The van der Waals surface area contributed by atoms with Crippen molar-refractivity contribution in [3.05, 3.63) is 23.8 Å². The van der Waals surface area contributed by atoms with E-state index >= 15 is 0 Å². The van der Waals surface area contributed by atoms with Crippen LogP contribution in [-0.2, 0) is 0 Å². The molecule has 0 amide bonds. The molecule has 0 saturated heterocycles. The molecule has 0 unspecified atom stereocenters. The quantitative estimate of drug-likeness (QED) is 0.286. The number of benzene rings is 1. The SMILES string of the molecule is OC[C@@H](O)[C@@H](O)[C@H](O)[C@@H](O)CN=Cc1ccc(O)cc1O. The summed E-state index contributed by atoms with van der Waals surface area (Å²) in [5.74, 6) is -0.314. The zero-order valence-corrected chi connectivity index (χ0v) is 11.1. The number of nitrogens with zero attached hydrogens (tertiary/aromatic N) is 1. The Morgan fingerprint density at radius 2 is 1.62 bits per heavy atom. The molecule has 0 aromatic heterocycles. The minimum Gasteiger partial charge on any atom is -0.508 e. The van der Waals surface area contributed by atoms with E-state index in [-0.39, 0.29) is 18.0 Å². The number of aromatic hydroxyl groups is 2. The predicted octanol–water partition coefficient (Wildman–Crippen LogP) is -2.05. The van der Waals surface area contributed by atoms with Gasteiger partial charge in [-0.05, 0) is 12.1 Å². The van der Waals surface area contributed by atoms with E-state index in [2.05, 4.69) is 4.99 Å². The lowest BCUT2D eigenvalue weighted by Crippen LogP contribution is -2.46. The highest BCUT2D eigenvalue weighted by Crippen LogP contribution is 2.20. The van der Waals surface area contributed by atoms with Crippen molar-refractivity contribution in [3.63, 3.8) is 0 Å². The van der Waals surface area contributed by atoms with Crippen molar-refractivity contribution < 1.29 is 35.7 Å². The lowest BCUT2D eigenvalue weighted by Gasteiger charge is -2.24. The summed E-state index contributed by atoms with van der Waals surface area (Å²) in [7, 11) is 0. The summed E-state index contributed by atoms with van der Waals surface area (Å²) >= 11 is 0. The smallest absolute Gasteiger partial charge is 0.128 e. The fourth-order valence-electron chi connectivity index (χ4n) is 1.57. The molecule has 0 radical (unpaired) electrons. The third-order valence-corrected chi connectivity index (χ3v) is 2.86. The molecule has 8 heteroatoms. The number of aliphatic hydroxyl groups excluding tert-OH is 5. The minimum absolute atomic E-state index is 0.110. The third-order valence-electron chi connectivity index (χ3n) is 2.86. The van der Waals surface area contributed by atoms with Crippen LogP contribution in [0.5, 0.6) is 11.5 Å². The molecule has 0 aliphatic rings. The van der Waals surface area contributed by atoms with Gasteiger partial charge in [-0.2, -0.15) is 0 Å². The second kappa shape index (κ2) is 7.91. The molecular weight excluding hydrogens is 282 g/mol. The molecule has 1 aromatic rings. The van der Waals surface area contributed by atoms with Crippen molar-refractivity contribution in [2.24, 2.45) is 4.99 Å². The molecule has 1 rings (SSSR count). The number of phenols is 2. The Morgan fingerprint density at radius 3 is 2.19 bits per heavy atom. The van der Waals surface area contributed by atoms with E-state index in [4.69, 9.17) is 15.3 Å². The van der Waals surface area contributed by atoms with Crippen LogP contribution in [0.2, 0.25) is 0 Å². The van der Waals surface area contributed by atoms with Gasteiger partial charge in [-0.25, -0.2) is 0 Å². The molecule has 0 aliphatic heterocycles. The summed E-state index contributed by atoms with van der Waals surface area (Å²) in [5.41, 5.74) is 0.297. The zero-order chi connectivity index (χ0) is 16.0. The van der Waals surface area contributed by atoms with Crippen molar-refractivity contribution in [2.45, 2.75) is 24.4 Å². The maximum atomic E-state index is 9.60. The van der Waals surface area contributed by atoms with E-state index in [0.29, 0.717) is 5.56 Å². The first-order valence-corrected chi connectivity index (χ1v) is 6.21. The average Bonchev–Trinajstić information content (AvgIpc) is 2.46. The molecule has 7 N–H and O–H groups in total. The Morgan fingerprint density at radius 1 is 1.00 bits per heavy atom. The van der Waals surface area contributed by atoms with Crippen LogP contribution in [0.15, 0.2) is 23.2 Å². The minimum atomic E-state index is -1.71. The zero-order valence-electron chi connectivity index (χ0n) is 11.1. The van der Waals surface area contributed by atoms with E-state index in [1.807, 2.05) is 0 Å². The van der Waals surface area contributed by atoms with Crippen LogP contribution in [-0.4, -0.2) is 79.5 Å². The van der Waals surface area contributed by atoms with Crippen LogP contribution in [0.3, 0.4) is 0 Å². The Hall–Kier alpha value is -1.71. The van der Waals surface area contributed by atoms with Crippen LogP contribution in [0.4, 0.5) is 0 Å². The highest BCUT2D eigenvalue weighted by molar-refractivity contribution is 5.83. The monoisotopic (exact) mass is 301 g/mol. The molecule has 1 aromatic carbocycles. The number of phenolic OH excluding ortho intramolecular Hbond substituents is 2. The maximum Gasteiger partial charge on any atom is 0.128 e. The van der Waals surface area contributed by atoms with Gasteiger partial charge in [-0.3, -0.25) is 4.99 Å². The Bertz CT molecular complexity index is 480. The van der Waals surface area contributed by atoms with Gasteiger partial charge in [-0.1, -0.05) is 0 Å². The fourth-order valence-corrected chi connectivity index (χ4v) is 1.57. The summed E-state index contributed by atoms with van der Waals surface area (Å²) in [6.45, 7) is -1.05.